The fourth-order valence-electron chi connectivity index (χ4n) is 6.97. The van der Waals surface area contributed by atoms with Crippen LogP contribution in [0.4, 0.5) is 0 Å². The molecule has 8 aromatic rings. The van der Waals surface area contributed by atoms with Crippen LogP contribution >= 0.6 is 11.3 Å². The smallest absolute Gasteiger partial charge is 0.124 e. The fraction of sp³-hybridized carbons (Fsp3) is 0.0250. The molecule has 9 rings (SSSR count). The summed E-state index contributed by atoms with van der Waals surface area (Å²) in [7, 11) is 0. The first-order valence-corrected chi connectivity index (χ1v) is 15.6. The summed E-state index contributed by atoms with van der Waals surface area (Å²) in [5.74, 6) is 0.180. The van der Waals surface area contributed by atoms with Crippen LogP contribution in [0, 0.1) is 6.07 Å². The second-order valence-electron chi connectivity index (χ2n) is 11.2. The van der Waals surface area contributed by atoms with E-state index in [9.17, 15) is 5.11 Å². The zero-order valence-electron chi connectivity index (χ0n) is 25.2. The summed E-state index contributed by atoms with van der Waals surface area (Å²) in [4.78, 5) is 14.5. The van der Waals surface area contributed by atoms with Gasteiger partial charge in [0.2, 0.25) is 0 Å². The first-order chi connectivity index (χ1) is 22.6. The van der Waals surface area contributed by atoms with Gasteiger partial charge in [-0.3, -0.25) is 9.97 Å². The molecule has 0 saturated heterocycles. The van der Waals surface area contributed by atoms with Crippen molar-refractivity contribution in [3.63, 3.8) is 0 Å². The number of aromatic hydroxyl groups is 1. The van der Waals surface area contributed by atoms with Crippen molar-refractivity contribution in [2.75, 3.05) is 0 Å². The number of fused-ring (bicyclic) bond motifs is 6. The van der Waals surface area contributed by atoms with Crippen LogP contribution < -0.4 is 0 Å². The summed E-state index contributed by atoms with van der Waals surface area (Å²) in [5.41, 5.74) is 9.25. The van der Waals surface area contributed by atoms with E-state index in [0.717, 1.165) is 65.8 Å². The number of rotatable bonds is 4. The third kappa shape index (κ3) is 4.12. The summed E-state index contributed by atoms with van der Waals surface area (Å²) in [6, 6.07) is 44.5. The molecule has 0 aliphatic heterocycles. The fourth-order valence-corrected chi connectivity index (χ4v) is 7.82. The molecule has 3 heterocycles. The van der Waals surface area contributed by atoms with Crippen LogP contribution in [0.1, 0.15) is 23.8 Å². The Morgan fingerprint density at radius 1 is 0.739 bits per heavy atom. The summed E-state index contributed by atoms with van der Waals surface area (Å²) in [6.07, 6.45) is 1.61. The van der Waals surface area contributed by atoms with Gasteiger partial charge in [-0.1, -0.05) is 78.8 Å². The summed E-state index contributed by atoms with van der Waals surface area (Å²) >= 11 is 1.62. The Hall–Kier alpha value is -4.96. The Bertz CT molecular complexity index is 2500. The summed E-state index contributed by atoms with van der Waals surface area (Å²) in [5, 5.41) is 14.8. The number of hydrogen-bond acceptors (Lipinski definition) is 5. The number of hydrogen-bond donors (Lipinski definition) is 1. The van der Waals surface area contributed by atoms with Crippen molar-refractivity contribution in [2.24, 2.45) is 0 Å². The van der Waals surface area contributed by atoms with Gasteiger partial charge in [0.05, 0.1) is 23.7 Å². The number of phenolic OH excluding ortho intramolecular Hbond substituents is 1. The molecule has 1 aliphatic rings. The molecule has 5 aromatic carbocycles. The first kappa shape index (κ1) is 27.4. The van der Waals surface area contributed by atoms with Gasteiger partial charge in [0.25, 0.3) is 0 Å². The molecular weight excluding hydrogens is 766 g/mol. The van der Waals surface area contributed by atoms with Gasteiger partial charge in [-0.25, -0.2) is 4.98 Å². The zero-order chi connectivity index (χ0) is 30.8. The number of para-hydroxylation sites is 1. The molecule has 4 nitrogen and oxygen atoms in total. The van der Waals surface area contributed by atoms with Crippen LogP contribution in [0.15, 0.2) is 139 Å². The molecule has 1 atom stereocenters. The quantitative estimate of drug-likeness (QED) is 0.181. The molecule has 0 spiro atoms. The van der Waals surface area contributed by atoms with Crippen molar-refractivity contribution in [3.05, 3.63) is 168 Å². The minimum absolute atomic E-state index is 0. The monoisotopic (exact) mass is 790 g/mol. The van der Waals surface area contributed by atoms with Crippen molar-refractivity contribution in [3.8, 4) is 39.4 Å². The second-order valence-corrected chi connectivity index (χ2v) is 12.1. The number of thiophene rings is 1. The van der Waals surface area contributed by atoms with E-state index in [0.29, 0.717) is 17.3 Å². The molecule has 6 heteroatoms. The van der Waals surface area contributed by atoms with Crippen LogP contribution in [-0.2, 0) is 26.5 Å². The minimum Gasteiger partial charge on any atom is -0.507 e. The van der Waals surface area contributed by atoms with E-state index in [1.54, 1.807) is 23.7 Å². The topological polar surface area (TPSA) is 58.9 Å². The predicted molar refractivity (Wildman–Crippen MR) is 181 cm³/mol. The van der Waals surface area contributed by atoms with Gasteiger partial charge < -0.3 is 5.11 Å². The average Bonchev–Trinajstić information content (AvgIpc) is 3.70. The Kier molecular flexibility index (Phi) is 6.62. The molecule has 222 valence electrons. The van der Waals surface area contributed by atoms with Crippen LogP contribution in [-0.4, -0.2) is 20.1 Å². The number of nitrogens with zero attached hydrogens (tertiary/aromatic N) is 3. The molecule has 0 amide bonds. The molecule has 1 aliphatic carbocycles. The van der Waals surface area contributed by atoms with Gasteiger partial charge in [-0.15, -0.1) is 35.4 Å². The van der Waals surface area contributed by atoms with Crippen molar-refractivity contribution in [1.82, 2.24) is 15.0 Å². The van der Waals surface area contributed by atoms with Gasteiger partial charge in [0.1, 0.15) is 12.1 Å². The third-order valence-corrected chi connectivity index (χ3v) is 9.77. The minimum atomic E-state index is -0.851. The van der Waals surface area contributed by atoms with E-state index in [-0.39, 0.29) is 26.8 Å². The number of phenols is 1. The average molecular weight is 791 g/mol. The van der Waals surface area contributed by atoms with Crippen LogP contribution in [0.25, 0.3) is 54.6 Å². The van der Waals surface area contributed by atoms with Crippen LogP contribution in [0.3, 0.4) is 0 Å². The van der Waals surface area contributed by atoms with Crippen LogP contribution in [0.2, 0.25) is 0 Å². The van der Waals surface area contributed by atoms with E-state index in [4.69, 9.17) is 11.3 Å². The maximum atomic E-state index is 10.8. The Morgan fingerprint density at radius 3 is 2.48 bits per heavy atom. The molecule has 1 N–H and O–H groups in total. The van der Waals surface area contributed by atoms with Gasteiger partial charge in [0.15, 0.2) is 0 Å². The van der Waals surface area contributed by atoms with E-state index < -0.39 is 5.41 Å². The second kappa shape index (κ2) is 11.1. The van der Waals surface area contributed by atoms with Crippen molar-refractivity contribution in [1.29, 1.82) is 0 Å². The molecular formula is C40H24N3OPtS-. The summed E-state index contributed by atoms with van der Waals surface area (Å²) in [6.45, 7) is 0. The van der Waals surface area contributed by atoms with Crippen LogP contribution in [0.5, 0.6) is 5.75 Å². The molecule has 0 saturated carbocycles. The van der Waals surface area contributed by atoms with Crippen molar-refractivity contribution in [2.45, 2.75) is 5.41 Å². The van der Waals surface area contributed by atoms with Crippen molar-refractivity contribution < 1.29 is 27.5 Å². The SMILES string of the molecule is [2H]c1cccc2c3c(ccc12)C(c1[c-]c(-c2ncnc4ccsc24)ccc1)(c1cccc(-c2ccccc2O)n1)c1ccccc1-3.[Pt]. The zero-order valence-corrected chi connectivity index (χ0v) is 27.3. The number of aromatic nitrogens is 3. The van der Waals surface area contributed by atoms with E-state index in [1.165, 1.54) is 0 Å². The predicted octanol–water partition coefficient (Wildman–Crippen LogP) is 9.44. The Balaban J connectivity index is 0.00000324. The van der Waals surface area contributed by atoms with Gasteiger partial charge in [-0.2, -0.15) is 11.3 Å². The molecule has 0 radical (unpaired) electrons. The van der Waals surface area contributed by atoms with Gasteiger partial charge in [0, 0.05) is 37.0 Å². The standard InChI is InChI=1S/C40H24N3OS.Pt/c44-35-17-6-4-14-30(35)33-16-8-18-36(43-33)40(27-11-7-10-26(23-27)38-39-34(21-22-45-39)41-24-42-38)31-15-5-3-13-29(31)37-28-12-2-1-9-25(28)19-20-32(37)40;/h1-22,24,44H;/q-1;/i9D;. The molecule has 46 heavy (non-hydrogen) atoms. The molecule has 1 unspecified atom stereocenters. The van der Waals surface area contributed by atoms with E-state index >= 15 is 0 Å². The largest absolute Gasteiger partial charge is 0.507 e. The maximum absolute atomic E-state index is 10.8. The van der Waals surface area contributed by atoms with Gasteiger partial charge in [-0.05, 0) is 68.7 Å². The normalized spacial score (nSPS) is 15.3. The van der Waals surface area contributed by atoms with Gasteiger partial charge >= 0.3 is 0 Å². The van der Waals surface area contributed by atoms with Crippen molar-refractivity contribution >= 4 is 32.3 Å². The summed E-state index contributed by atoms with van der Waals surface area (Å²) < 4.78 is 9.72. The third-order valence-electron chi connectivity index (χ3n) is 8.86. The maximum Gasteiger partial charge on any atom is 0.124 e. The first-order valence-electron chi connectivity index (χ1n) is 15.2. The Labute approximate surface area is 285 Å². The number of pyridine rings is 1. The Morgan fingerprint density at radius 2 is 1.57 bits per heavy atom. The molecule has 3 aromatic heterocycles. The molecule has 0 fully saturated rings. The number of benzene rings is 5. The molecule has 0 bridgehead atoms. The van der Waals surface area contributed by atoms with E-state index in [2.05, 4.69) is 77.8 Å². The van der Waals surface area contributed by atoms with E-state index in [1.807, 2.05) is 53.9 Å².